The largest absolute Gasteiger partial charge is 0.437 e. The number of rotatable bonds is 2. The molecule has 0 aliphatic carbocycles. The molecule has 1 amide bonds. The Labute approximate surface area is 151 Å². The number of benzene rings is 2. The van der Waals surface area contributed by atoms with Crippen molar-refractivity contribution in [1.29, 1.82) is 0 Å². The first-order valence-corrected chi connectivity index (χ1v) is 8.21. The maximum absolute atomic E-state index is 11.8. The van der Waals surface area contributed by atoms with E-state index in [1.165, 1.54) is 0 Å². The molecule has 126 valence electrons. The van der Waals surface area contributed by atoms with E-state index in [2.05, 4.69) is 27.4 Å². The summed E-state index contributed by atoms with van der Waals surface area (Å²) in [5.41, 5.74) is 3.33. The Morgan fingerprint density at radius 2 is 1.73 bits per heavy atom. The third-order valence-electron chi connectivity index (χ3n) is 4.07. The normalized spacial score (nSPS) is 18.4. The van der Waals surface area contributed by atoms with E-state index in [4.69, 9.17) is 4.74 Å². The number of carbonyl (C=O) groups excluding carboxylic acids is 1. The highest BCUT2D eigenvalue weighted by Crippen LogP contribution is 2.35. The zero-order valence-corrected chi connectivity index (χ0v) is 13.8. The lowest BCUT2D eigenvalue weighted by atomic mass is 9.98. The Kier molecular flexibility index (Phi) is 4.31. The van der Waals surface area contributed by atoms with Crippen LogP contribution in [0.5, 0.6) is 0 Å². The van der Waals surface area contributed by atoms with Gasteiger partial charge in [-0.15, -0.1) is 0 Å². The van der Waals surface area contributed by atoms with Gasteiger partial charge in [0, 0.05) is 17.3 Å². The van der Waals surface area contributed by atoms with Gasteiger partial charge in [-0.25, -0.2) is 4.79 Å². The zero-order chi connectivity index (χ0) is 17.8. The topological polar surface area (TPSA) is 64.1 Å². The van der Waals surface area contributed by atoms with Crippen molar-refractivity contribution >= 4 is 6.09 Å². The number of ether oxygens (including phenoxy) is 1. The summed E-state index contributed by atoms with van der Waals surface area (Å²) in [5.74, 6) is 6.30. The molecule has 0 saturated carbocycles. The van der Waals surface area contributed by atoms with Crippen molar-refractivity contribution < 1.29 is 9.53 Å². The molecule has 2 aromatic carbocycles. The van der Waals surface area contributed by atoms with E-state index >= 15 is 0 Å². The van der Waals surface area contributed by atoms with Gasteiger partial charge in [0.25, 0.3) is 0 Å². The lowest BCUT2D eigenvalue weighted by Gasteiger charge is -2.16. The number of nitrogens with zero attached hydrogens (tertiary/aromatic N) is 2. The van der Waals surface area contributed by atoms with Crippen molar-refractivity contribution in [3.8, 4) is 11.8 Å². The predicted octanol–water partition coefficient (Wildman–Crippen LogP) is 3.40. The molecular weight excluding hydrogens is 326 g/mol. The van der Waals surface area contributed by atoms with Crippen molar-refractivity contribution in [3.05, 3.63) is 95.3 Å². The molecule has 5 nitrogen and oxygen atoms in total. The number of cyclic esters (lactones) is 1. The fourth-order valence-corrected chi connectivity index (χ4v) is 2.85. The highest BCUT2D eigenvalue weighted by atomic mass is 16.6. The first-order chi connectivity index (χ1) is 12.8. The minimum absolute atomic E-state index is 0.335. The van der Waals surface area contributed by atoms with Crippen LogP contribution < -0.4 is 5.32 Å². The smallest absolute Gasteiger partial charge is 0.408 e. The Bertz CT molecular complexity index is 978. The highest BCUT2D eigenvalue weighted by molar-refractivity contribution is 5.71. The van der Waals surface area contributed by atoms with Gasteiger partial charge < -0.3 is 10.1 Å². The van der Waals surface area contributed by atoms with Crippen LogP contribution in [-0.2, 0) is 4.74 Å². The van der Waals surface area contributed by atoms with Crippen molar-refractivity contribution in [2.45, 2.75) is 12.1 Å². The van der Waals surface area contributed by atoms with Gasteiger partial charge in [0.15, 0.2) is 6.10 Å². The molecule has 1 saturated heterocycles. The predicted molar refractivity (Wildman–Crippen MR) is 96.0 cm³/mol. The Hall–Kier alpha value is -3.65. The first-order valence-electron chi connectivity index (χ1n) is 8.21. The molecule has 0 radical (unpaired) electrons. The average Bonchev–Trinajstić information content (AvgIpc) is 3.10. The van der Waals surface area contributed by atoms with E-state index in [0.29, 0.717) is 5.69 Å². The van der Waals surface area contributed by atoms with Gasteiger partial charge in [-0.05, 0) is 42.0 Å². The van der Waals surface area contributed by atoms with Gasteiger partial charge in [0.2, 0.25) is 0 Å². The van der Waals surface area contributed by atoms with Crippen LogP contribution in [0, 0.1) is 11.8 Å². The second-order valence-electron chi connectivity index (χ2n) is 5.84. The van der Waals surface area contributed by atoms with Crippen molar-refractivity contribution in [1.82, 2.24) is 15.5 Å². The van der Waals surface area contributed by atoms with Gasteiger partial charge in [0.05, 0.1) is 0 Å². The quantitative estimate of drug-likeness (QED) is 0.726. The number of hydrogen-bond donors (Lipinski definition) is 1. The summed E-state index contributed by atoms with van der Waals surface area (Å²) in [4.78, 5) is 11.8. The Balaban J connectivity index is 1.63. The standard InChI is InChI=1S/C21H15N3O2/c25-21-23-19(20(26-21)18-10-5-13-22-24-18)17-9-4-8-16(14-17)12-11-15-6-2-1-3-7-15/h1-10,13-14,19-20H,(H,23,25)/t19-,20-/m1/s1. The minimum atomic E-state index is -0.520. The summed E-state index contributed by atoms with van der Waals surface area (Å²) < 4.78 is 5.39. The van der Waals surface area contributed by atoms with E-state index < -0.39 is 12.2 Å². The van der Waals surface area contributed by atoms with Crippen LogP contribution >= 0.6 is 0 Å². The van der Waals surface area contributed by atoms with Crippen LogP contribution in [0.2, 0.25) is 0 Å². The molecule has 0 bridgehead atoms. The summed E-state index contributed by atoms with van der Waals surface area (Å²) in [6.45, 7) is 0. The number of alkyl carbamates (subject to hydrolysis) is 1. The van der Waals surface area contributed by atoms with Gasteiger partial charge in [-0.1, -0.05) is 42.2 Å². The number of amides is 1. The van der Waals surface area contributed by atoms with E-state index in [1.807, 2.05) is 54.6 Å². The molecular formula is C21H15N3O2. The van der Waals surface area contributed by atoms with Crippen LogP contribution in [0.25, 0.3) is 0 Å². The van der Waals surface area contributed by atoms with Gasteiger partial charge in [-0.3, -0.25) is 0 Å². The molecule has 3 aromatic rings. The number of aromatic nitrogens is 2. The summed E-state index contributed by atoms with van der Waals surface area (Å²) in [5, 5.41) is 10.8. The minimum Gasteiger partial charge on any atom is -0.437 e. The first kappa shape index (κ1) is 15.9. The molecule has 4 rings (SSSR count). The SMILES string of the molecule is O=C1N[C@H](c2cccc(C#Cc3ccccc3)c2)[C@@H](c2cccnn2)O1. The second-order valence-corrected chi connectivity index (χ2v) is 5.84. The third-order valence-corrected chi connectivity index (χ3v) is 4.07. The van der Waals surface area contributed by atoms with Crippen LogP contribution in [0.15, 0.2) is 72.9 Å². The maximum atomic E-state index is 11.8. The molecule has 1 aliphatic rings. The van der Waals surface area contributed by atoms with Crippen LogP contribution in [0.3, 0.4) is 0 Å². The van der Waals surface area contributed by atoms with E-state index in [0.717, 1.165) is 16.7 Å². The number of carbonyl (C=O) groups is 1. The molecule has 1 aliphatic heterocycles. The van der Waals surface area contributed by atoms with Crippen molar-refractivity contribution in [2.75, 3.05) is 0 Å². The molecule has 1 N–H and O–H groups in total. The van der Waals surface area contributed by atoms with Crippen LogP contribution in [-0.4, -0.2) is 16.3 Å². The summed E-state index contributed by atoms with van der Waals surface area (Å²) >= 11 is 0. The van der Waals surface area contributed by atoms with Gasteiger partial charge >= 0.3 is 6.09 Å². The molecule has 1 aromatic heterocycles. The molecule has 2 heterocycles. The summed E-state index contributed by atoms with van der Waals surface area (Å²) in [6.07, 6.45) is 0.600. The lowest BCUT2D eigenvalue weighted by Crippen LogP contribution is -2.20. The molecule has 2 atom stereocenters. The highest BCUT2D eigenvalue weighted by Gasteiger charge is 2.37. The summed E-state index contributed by atoms with van der Waals surface area (Å²) in [7, 11) is 0. The molecule has 5 heteroatoms. The van der Waals surface area contributed by atoms with E-state index in [1.54, 1.807) is 18.3 Å². The molecule has 1 fully saturated rings. The monoisotopic (exact) mass is 341 g/mol. The van der Waals surface area contributed by atoms with Gasteiger partial charge in [-0.2, -0.15) is 10.2 Å². The Morgan fingerprint density at radius 3 is 2.54 bits per heavy atom. The zero-order valence-electron chi connectivity index (χ0n) is 13.8. The van der Waals surface area contributed by atoms with Gasteiger partial charge in [0.1, 0.15) is 11.7 Å². The average molecular weight is 341 g/mol. The van der Waals surface area contributed by atoms with Crippen molar-refractivity contribution in [3.63, 3.8) is 0 Å². The Morgan fingerprint density at radius 1 is 0.923 bits per heavy atom. The summed E-state index contributed by atoms with van der Waals surface area (Å²) in [6, 6.07) is 20.8. The lowest BCUT2D eigenvalue weighted by molar-refractivity contribution is 0.129. The van der Waals surface area contributed by atoms with Crippen LogP contribution in [0.1, 0.15) is 34.5 Å². The molecule has 0 spiro atoms. The number of hydrogen-bond acceptors (Lipinski definition) is 4. The van der Waals surface area contributed by atoms with Crippen LogP contribution in [0.4, 0.5) is 4.79 Å². The fraction of sp³-hybridized carbons (Fsp3) is 0.0952. The fourth-order valence-electron chi connectivity index (χ4n) is 2.85. The second kappa shape index (κ2) is 7.08. The van der Waals surface area contributed by atoms with E-state index in [9.17, 15) is 4.79 Å². The molecule has 26 heavy (non-hydrogen) atoms. The van der Waals surface area contributed by atoms with Crippen molar-refractivity contribution in [2.24, 2.45) is 0 Å². The number of nitrogens with one attached hydrogen (secondary N) is 1. The molecule has 0 unspecified atom stereocenters. The maximum Gasteiger partial charge on any atom is 0.408 e. The third kappa shape index (κ3) is 3.40. The van der Waals surface area contributed by atoms with E-state index in [-0.39, 0.29) is 6.04 Å².